The van der Waals surface area contributed by atoms with Gasteiger partial charge in [-0.2, -0.15) is 5.10 Å². The Balaban J connectivity index is 1.99. The summed E-state index contributed by atoms with van der Waals surface area (Å²) in [4.78, 5) is 11.3. The largest absolute Gasteiger partial charge is 0.260 e. The minimum absolute atomic E-state index is 0.645. The zero-order chi connectivity index (χ0) is 13.2. The monoisotopic (exact) mass is 252 g/mol. The highest BCUT2D eigenvalue weighted by Gasteiger charge is 2.10. The number of hydrogen-bond donors (Lipinski definition) is 0. The summed E-state index contributed by atoms with van der Waals surface area (Å²) in [6, 6.07) is 15.8. The van der Waals surface area contributed by atoms with E-state index in [1.54, 1.807) is 6.20 Å². The fourth-order valence-electron chi connectivity index (χ4n) is 2.15. The Morgan fingerprint density at radius 3 is 2.68 bits per heavy atom. The minimum Gasteiger partial charge on any atom is -0.260 e. The minimum atomic E-state index is 0.645. The van der Waals surface area contributed by atoms with E-state index >= 15 is 0 Å². The van der Waals surface area contributed by atoms with Crippen LogP contribution in [0.15, 0.2) is 54.7 Å². The summed E-state index contributed by atoms with van der Waals surface area (Å²) < 4.78 is 2.80. The Morgan fingerprint density at radius 1 is 1.16 bits per heavy atom. The van der Waals surface area contributed by atoms with Crippen molar-refractivity contribution in [2.75, 3.05) is 7.05 Å². The van der Waals surface area contributed by atoms with Crippen molar-refractivity contribution in [1.82, 2.24) is 9.78 Å². The Hall–Kier alpha value is -2.49. The Morgan fingerprint density at radius 2 is 1.95 bits per heavy atom. The molecule has 1 aromatic heterocycles. The molecule has 3 aromatic rings. The van der Waals surface area contributed by atoms with Gasteiger partial charge < -0.3 is 0 Å². The van der Waals surface area contributed by atoms with Crippen LogP contribution in [0.1, 0.15) is 5.56 Å². The van der Waals surface area contributed by atoms with E-state index in [2.05, 4.69) is 17.2 Å². The smallest absolute Gasteiger partial charge is 0.256 e. The van der Waals surface area contributed by atoms with Crippen LogP contribution in [-0.4, -0.2) is 21.6 Å². The van der Waals surface area contributed by atoms with Crippen LogP contribution in [0.25, 0.3) is 10.9 Å². The van der Waals surface area contributed by atoms with E-state index in [9.17, 15) is 4.91 Å². The van der Waals surface area contributed by atoms with Crippen molar-refractivity contribution in [3.63, 3.8) is 0 Å². The molecule has 0 saturated heterocycles. The quantitative estimate of drug-likeness (QED) is 0.672. The number of nitroso groups, excluding NO2 is 1. The second kappa shape index (κ2) is 4.65. The molecule has 0 spiro atoms. The maximum atomic E-state index is 11.3. The zero-order valence-corrected chi connectivity index (χ0v) is 10.7. The summed E-state index contributed by atoms with van der Waals surface area (Å²) in [5, 5.41) is 5.37. The van der Waals surface area contributed by atoms with Crippen molar-refractivity contribution < 1.29 is 4.76 Å². The van der Waals surface area contributed by atoms with Crippen LogP contribution in [0.4, 0.5) is 5.69 Å². The van der Waals surface area contributed by atoms with Gasteiger partial charge in [-0.15, -0.1) is 0 Å². The highest BCUT2D eigenvalue weighted by atomic mass is 16.3. The van der Waals surface area contributed by atoms with Crippen LogP contribution >= 0.6 is 0 Å². The Labute approximate surface area is 110 Å². The first-order valence-corrected chi connectivity index (χ1v) is 6.14. The van der Waals surface area contributed by atoms with E-state index in [0.29, 0.717) is 5.69 Å². The predicted molar refractivity (Wildman–Crippen MR) is 74.5 cm³/mol. The van der Waals surface area contributed by atoms with Crippen molar-refractivity contribution in [3.8, 4) is 0 Å². The molecule has 0 aliphatic rings. The first kappa shape index (κ1) is 11.6. The van der Waals surface area contributed by atoms with Gasteiger partial charge in [0.1, 0.15) is 0 Å². The fraction of sp³-hybridized carbons (Fsp3) is 0.133. The molecule has 2 aromatic carbocycles. The summed E-state index contributed by atoms with van der Waals surface area (Å²) in [5.41, 5.74) is 2.89. The number of fused-ring (bicyclic) bond motifs is 1. The number of hydrogen-bond acceptors (Lipinski definition) is 2. The fourth-order valence-corrected chi connectivity index (χ4v) is 2.15. The van der Waals surface area contributed by atoms with Gasteiger partial charge in [-0.3, -0.25) is 4.68 Å². The number of rotatable bonds is 3. The molecule has 0 bridgehead atoms. The third kappa shape index (κ3) is 2.25. The van der Waals surface area contributed by atoms with Gasteiger partial charge in [-0.1, -0.05) is 30.3 Å². The third-order valence-electron chi connectivity index (χ3n) is 3.16. The van der Waals surface area contributed by atoms with Crippen molar-refractivity contribution in [2.24, 2.45) is 0 Å². The Kier molecular flexibility index (Phi) is 2.83. The summed E-state index contributed by atoms with van der Waals surface area (Å²) >= 11 is 0. The van der Waals surface area contributed by atoms with E-state index in [4.69, 9.17) is 0 Å². The summed E-state index contributed by atoms with van der Waals surface area (Å²) in [6.45, 7) is 0.733. The first-order chi connectivity index (χ1) is 9.24. The van der Waals surface area contributed by atoms with Crippen LogP contribution in [0.5, 0.6) is 0 Å². The third-order valence-corrected chi connectivity index (χ3v) is 3.16. The van der Waals surface area contributed by atoms with E-state index in [1.165, 1.54) is 12.6 Å². The number of nitrogens with zero attached hydrogens (tertiary/aromatic N) is 3. The SMILES string of the molecule is C[N+](=O)c1ccc2c(cnn2Cc2ccccc2)c1. The van der Waals surface area contributed by atoms with E-state index in [1.807, 2.05) is 41.1 Å². The lowest BCUT2D eigenvalue weighted by Gasteiger charge is -2.03. The summed E-state index contributed by atoms with van der Waals surface area (Å²) in [6.07, 6.45) is 1.80. The van der Waals surface area contributed by atoms with E-state index < -0.39 is 0 Å². The van der Waals surface area contributed by atoms with Gasteiger partial charge in [0.05, 0.1) is 18.3 Å². The molecule has 3 rings (SSSR count). The summed E-state index contributed by atoms with van der Waals surface area (Å²) in [5.74, 6) is 0. The molecule has 0 atom stereocenters. The van der Waals surface area contributed by atoms with Gasteiger partial charge in [-0.25, -0.2) is 0 Å². The molecular formula is C15H14N3O+. The van der Waals surface area contributed by atoms with Gasteiger partial charge in [0, 0.05) is 27.2 Å². The highest BCUT2D eigenvalue weighted by Crippen LogP contribution is 2.20. The normalized spacial score (nSPS) is 10.8. The van der Waals surface area contributed by atoms with Crippen LogP contribution in [0.3, 0.4) is 0 Å². The molecule has 0 radical (unpaired) electrons. The number of benzene rings is 2. The van der Waals surface area contributed by atoms with Gasteiger partial charge in [0.15, 0.2) is 7.05 Å². The highest BCUT2D eigenvalue weighted by molar-refractivity contribution is 5.81. The summed E-state index contributed by atoms with van der Waals surface area (Å²) in [7, 11) is 1.50. The van der Waals surface area contributed by atoms with Crippen LogP contribution in [-0.2, 0) is 6.54 Å². The predicted octanol–water partition coefficient (Wildman–Crippen LogP) is 3.12. The molecule has 0 saturated carbocycles. The van der Waals surface area contributed by atoms with Crippen LogP contribution < -0.4 is 0 Å². The van der Waals surface area contributed by atoms with Crippen molar-refractivity contribution in [3.05, 3.63) is 65.2 Å². The molecule has 1 heterocycles. The van der Waals surface area contributed by atoms with Crippen molar-refractivity contribution >= 4 is 16.6 Å². The average Bonchev–Trinajstić information content (AvgIpc) is 2.82. The standard InChI is InChI=1S/C15H14N3O/c1-17(19)14-7-8-15-13(9-14)10-16-18(15)11-12-5-3-2-4-6-12/h2-10H,11H2,1H3/q+1. The Bertz CT molecular complexity index is 731. The second-order valence-electron chi connectivity index (χ2n) is 4.53. The van der Waals surface area contributed by atoms with Crippen LogP contribution in [0.2, 0.25) is 0 Å². The maximum Gasteiger partial charge on any atom is 0.256 e. The topological polar surface area (TPSA) is 37.9 Å². The molecule has 0 N–H and O–H groups in total. The number of aromatic nitrogens is 2. The maximum absolute atomic E-state index is 11.3. The van der Waals surface area contributed by atoms with Gasteiger partial charge in [0.25, 0.3) is 5.69 Å². The van der Waals surface area contributed by atoms with E-state index in [-0.39, 0.29) is 0 Å². The van der Waals surface area contributed by atoms with Gasteiger partial charge in [0.2, 0.25) is 0 Å². The van der Waals surface area contributed by atoms with Gasteiger partial charge in [-0.05, 0) is 11.6 Å². The zero-order valence-electron chi connectivity index (χ0n) is 10.7. The van der Waals surface area contributed by atoms with Gasteiger partial charge >= 0.3 is 0 Å². The molecule has 0 aliphatic carbocycles. The van der Waals surface area contributed by atoms with Crippen molar-refractivity contribution in [2.45, 2.75) is 6.54 Å². The molecule has 4 nitrogen and oxygen atoms in total. The first-order valence-electron chi connectivity index (χ1n) is 6.14. The lowest BCUT2D eigenvalue weighted by Crippen LogP contribution is -2.01. The molecule has 19 heavy (non-hydrogen) atoms. The van der Waals surface area contributed by atoms with E-state index in [0.717, 1.165) is 22.2 Å². The second-order valence-corrected chi connectivity index (χ2v) is 4.53. The van der Waals surface area contributed by atoms with Crippen molar-refractivity contribution in [1.29, 1.82) is 0 Å². The molecular weight excluding hydrogens is 238 g/mol. The average molecular weight is 252 g/mol. The molecule has 0 amide bonds. The lowest BCUT2D eigenvalue weighted by molar-refractivity contribution is -0.428. The van der Waals surface area contributed by atoms with Crippen LogP contribution in [0, 0.1) is 4.91 Å². The molecule has 0 unspecified atom stereocenters. The lowest BCUT2D eigenvalue weighted by atomic mass is 10.2. The molecule has 0 fully saturated rings. The molecule has 0 aliphatic heterocycles. The molecule has 4 heteroatoms. The molecule has 94 valence electrons.